The van der Waals surface area contributed by atoms with Crippen molar-refractivity contribution in [1.82, 2.24) is 9.38 Å². The molecule has 0 spiro atoms. The van der Waals surface area contributed by atoms with Crippen molar-refractivity contribution in [1.29, 1.82) is 0 Å². The molecular formula is C13H15N3O2. The second-order valence-electron chi connectivity index (χ2n) is 4.65. The van der Waals surface area contributed by atoms with Gasteiger partial charge in [0.1, 0.15) is 5.82 Å². The van der Waals surface area contributed by atoms with E-state index in [1.165, 1.54) is 12.8 Å². The van der Waals surface area contributed by atoms with Crippen LogP contribution in [0.4, 0.5) is 5.69 Å². The first kappa shape index (κ1) is 11.1. The molecule has 5 heteroatoms. The molecule has 0 bridgehead atoms. The Bertz CT molecular complexity index is 612. The second kappa shape index (κ2) is 4.01. The van der Waals surface area contributed by atoms with Gasteiger partial charge in [-0.15, -0.1) is 0 Å². The average molecular weight is 245 g/mol. The van der Waals surface area contributed by atoms with Crippen LogP contribution >= 0.6 is 0 Å². The Labute approximate surface area is 105 Å². The lowest BCUT2D eigenvalue weighted by Crippen LogP contribution is -2.17. The first-order valence-corrected chi connectivity index (χ1v) is 6.14. The normalized spacial score (nSPS) is 15.5. The standard InChI is InChI=1S/C13H15N3O2/c1-9-14-12(13(17)18)11-8-10(4-7-16(9)11)15-5-2-3-6-15/h4,7-8H,2-3,5-6H2,1H3,(H,17,18). The summed E-state index contributed by atoms with van der Waals surface area (Å²) in [7, 11) is 0. The molecular weight excluding hydrogens is 230 g/mol. The molecule has 0 radical (unpaired) electrons. The fourth-order valence-electron chi connectivity index (χ4n) is 2.56. The van der Waals surface area contributed by atoms with E-state index in [1.807, 2.05) is 29.7 Å². The van der Waals surface area contributed by atoms with Crippen LogP contribution in [0.2, 0.25) is 0 Å². The summed E-state index contributed by atoms with van der Waals surface area (Å²) in [6.45, 7) is 3.91. The minimum absolute atomic E-state index is 0.133. The van der Waals surface area contributed by atoms with E-state index in [0.717, 1.165) is 18.8 Å². The van der Waals surface area contributed by atoms with E-state index in [1.54, 1.807) is 0 Å². The Morgan fingerprint density at radius 2 is 2.11 bits per heavy atom. The van der Waals surface area contributed by atoms with Gasteiger partial charge >= 0.3 is 5.97 Å². The number of pyridine rings is 1. The molecule has 3 rings (SSSR count). The third-order valence-electron chi connectivity index (χ3n) is 3.48. The number of nitrogens with zero attached hydrogens (tertiary/aromatic N) is 3. The number of imidazole rings is 1. The highest BCUT2D eigenvalue weighted by molar-refractivity contribution is 5.94. The van der Waals surface area contributed by atoms with Gasteiger partial charge in [-0.05, 0) is 31.9 Å². The first-order chi connectivity index (χ1) is 8.66. The topological polar surface area (TPSA) is 57.8 Å². The molecule has 5 nitrogen and oxygen atoms in total. The molecule has 0 aromatic carbocycles. The maximum atomic E-state index is 11.2. The maximum absolute atomic E-state index is 11.2. The van der Waals surface area contributed by atoms with Gasteiger partial charge in [-0.3, -0.25) is 0 Å². The van der Waals surface area contributed by atoms with Crippen molar-refractivity contribution in [2.24, 2.45) is 0 Å². The molecule has 0 atom stereocenters. The van der Waals surface area contributed by atoms with E-state index in [9.17, 15) is 4.79 Å². The Balaban J connectivity index is 2.14. The zero-order valence-corrected chi connectivity index (χ0v) is 10.3. The van der Waals surface area contributed by atoms with Crippen LogP contribution in [0, 0.1) is 6.92 Å². The molecule has 2 aromatic heterocycles. The van der Waals surface area contributed by atoms with Gasteiger partial charge in [-0.2, -0.15) is 0 Å². The molecule has 0 saturated carbocycles. The smallest absolute Gasteiger partial charge is 0.356 e. The molecule has 94 valence electrons. The Morgan fingerprint density at radius 1 is 1.39 bits per heavy atom. The van der Waals surface area contributed by atoms with Crippen molar-refractivity contribution >= 4 is 17.2 Å². The first-order valence-electron chi connectivity index (χ1n) is 6.14. The van der Waals surface area contributed by atoms with Crippen LogP contribution in [0.25, 0.3) is 5.52 Å². The average Bonchev–Trinajstić information content (AvgIpc) is 2.97. The third kappa shape index (κ3) is 1.63. The zero-order valence-electron chi connectivity index (χ0n) is 10.3. The molecule has 18 heavy (non-hydrogen) atoms. The Hall–Kier alpha value is -2.04. The highest BCUT2D eigenvalue weighted by Gasteiger charge is 2.17. The van der Waals surface area contributed by atoms with Gasteiger partial charge in [0, 0.05) is 25.0 Å². The van der Waals surface area contributed by atoms with Gasteiger partial charge in [-0.25, -0.2) is 9.78 Å². The second-order valence-corrected chi connectivity index (χ2v) is 4.65. The fourth-order valence-corrected chi connectivity index (χ4v) is 2.56. The van der Waals surface area contributed by atoms with Crippen LogP contribution in [0.1, 0.15) is 29.2 Å². The molecule has 1 N–H and O–H groups in total. The minimum atomic E-state index is -0.973. The fraction of sp³-hybridized carbons (Fsp3) is 0.385. The molecule has 1 aliphatic rings. The van der Waals surface area contributed by atoms with Gasteiger partial charge in [-0.1, -0.05) is 0 Å². The van der Waals surface area contributed by atoms with E-state index in [4.69, 9.17) is 5.11 Å². The molecule has 1 saturated heterocycles. The number of carboxylic acid groups (broad SMARTS) is 1. The van der Waals surface area contributed by atoms with Crippen molar-refractivity contribution < 1.29 is 9.90 Å². The van der Waals surface area contributed by atoms with E-state index in [0.29, 0.717) is 11.3 Å². The predicted octanol–water partition coefficient (Wildman–Crippen LogP) is 1.94. The number of hydrogen-bond acceptors (Lipinski definition) is 3. The molecule has 1 aliphatic heterocycles. The lowest BCUT2D eigenvalue weighted by Gasteiger charge is -2.17. The summed E-state index contributed by atoms with van der Waals surface area (Å²) in [5.74, 6) is -0.269. The van der Waals surface area contributed by atoms with E-state index in [-0.39, 0.29) is 5.69 Å². The van der Waals surface area contributed by atoms with Crippen LogP contribution in [-0.2, 0) is 0 Å². The summed E-state index contributed by atoms with van der Waals surface area (Å²) >= 11 is 0. The highest BCUT2D eigenvalue weighted by atomic mass is 16.4. The third-order valence-corrected chi connectivity index (χ3v) is 3.48. The highest BCUT2D eigenvalue weighted by Crippen LogP contribution is 2.24. The summed E-state index contributed by atoms with van der Waals surface area (Å²) in [4.78, 5) is 17.6. The number of hydrogen-bond donors (Lipinski definition) is 1. The van der Waals surface area contributed by atoms with Crippen LogP contribution in [0.15, 0.2) is 18.3 Å². The van der Waals surface area contributed by atoms with Gasteiger partial charge in [0.15, 0.2) is 5.69 Å². The van der Waals surface area contributed by atoms with E-state index < -0.39 is 5.97 Å². The zero-order chi connectivity index (χ0) is 12.7. The van der Waals surface area contributed by atoms with Crippen molar-refractivity contribution in [2.75, 3.05) is 18.0 Å². The molecule has 2 aromatic rings. The largest absolute Gasteiger partial charge is 0.476 e. The summed E-state index contributed by atoms with van der Waals surface area (Å²) in [6, 6.07) is 3.95. The number of rotatable bonds is 2. The van der Waals surface area contributed by atoms with Crippen molar-refractivity contribution in [3.63, 3.8) is 0 Å². The minimum Gasteiger partial charge on any atom is -0.476 e. The molecule has 0 unspecified atom stereocenters. The van der Waals surface area contributed by atoms with E-state index in [2.05, 4.69) is 9.88 Å². The summed E-state index contributed by atoms with van der Waals surface area (Å²) in [5, 5.41) is 9.16. The summed E-state index contributed by atoms with van der Waals surface area (Å²) in [6.07, 6.45) is 4.31. The molecule has 0 amide bonds. The quantitative estimate of drug-likeness (QED) is 0.878. The Kier molecular flexibility index (Phi) is 2.47. The van der Waals surface area contributed by atoms with Gasteiger partial charge in [0.2, 0.25) is 0 Å². The monoisotopic (exact) mass is 245 g/mol. The number of carboxylic acids is 1. The number of carbonyl (C=O) groups is 1. The van der Waals surface area contributed by atoms with Crippen molar-refractivity contribution in [3.05, 3.63) is 29.8 Å². The number of aryl methyl sites for hydroxylation is 1. The Morgan fingerprint density at radius 3 is 2.78 bits per heavy atom. The summed E-state index contributed by atoms with van der Waals surface area (Å²) in [5.41, 5.74) is 1.89. The summed E-state index contributed by atoms with van der Waals surface area (Å²) < 4.78 is 1.82. The van der Waals surface area contributed by atoms with E-state index >= 15 is 0 Å². The maximum Gasteiger partial charge on any atom is 0.356 e. The molecule has 3 heterocycles. The van der Waals surface area contributed by atoms with Crippen molar-refractivity contribution in [3.8, 4) is 0 Å². The number of fused-ring (bicyclic) bond motifs is 1. The van der Waals surface area contributed by atoms with Gasteiger partial charge in [0.25, 0.3) is 0 Å². The number of aromatic carboxylic acids is 1. The number of aromatic nitrogens is 2. The molecule has 1 fully saturated rings. The predicted molar refractivity (Wildman–Crippen MR) is 68.3 cm³/mol. The van der Waals surface area contributed by atoms with Crippen molar-refractivity contribution in [2.45, 2.75) is 19.8 Å². The van der Waals surface area contributed by atoms with Gasteiger partial charge < -0.3 is 14.4 Å². The lowest BCUT2D eigenvalue weighted by molar-refractivity contribution is 0.0693. The van der Waals surface area contributed by atoms with Gasteiger partial charge in [0.05, 0.1) is 5.52 Å². The lowest BCUT2D eigenvalue weighted by atomic mass is 10.3. The SMILES string of the molecule is Cc1nc(C(=O)O)c2cc(N3CCCC3)ccn12. The van der Waals surface area contributed by atoms with Crippen LogP contribution in [-0.4, -0.2) is 33.6 Å². The molecule has 0 aliphatic carbocycles. The van der Waals surface area contributed by atoms with Crippen LogP contribution < -0.4 is 4.90 Å². The number of anilines is 1. The van der Waals surface area contributed by atoms with Crippen LogP contribution in [0.3, 0.4) is 0 Å². The van der Waals surface area contributed by atoms with Crippen LogP contribution in [0.5, 0.6) is 0 Å².